The Morgan fingerprint density at radius 3 is 2.23 bits per heavy atom. The van der Waals surface area contributed by atoms with Crippen LogP contribution in [-0.4, -0.2) is 11.6 Å². The lowest BCUT2D eigenvalue weighted by atomic mass is 9.72. The van der Waals surface area contributed by atoms with Gasteiger partial charge in [-0.05, 0) is 17.9 Å². The standard InChI is InChI=1S/C20H18O2/c21-17-12-15-11-16(17)18(13-7-3-1-4-8-13)19(15)20(22)14-9-5-2-6-10-14/h1-10,15-16,18-19H,11-12H2. The largest absolute Gasteiger partial charge is 0.299 e. The van der Waals surface area contributed by atoms with E-state index in [4.69, 9.17) is 0 Å². The normalized spacial score (nSPS) is 29.7. The van der Waals surface area contributed by atoms with Crippen LogP contribution in [-0.2, 0) is 4.79 Å². The summed E-state index contributed by atoms with van der Waals surface area (Å²) in [6, 6.07) is 19.6. The summed E-state index contributed by atoms with van der Waals surface area (Å²) >= 11 is 0. The van der Waals surface area contributed by atoms with Crippen molar-refractivity contribution in [3.63, 3.8) is 0 Å². The van der Waals surface area contributed by atoms with Crippen LogP contribution in [0.3, 0.4) is 0 Å². The third-order valence-electron chi connectivity index (χ3n) is 5.31. The quantitative estimate of drug-likeness (QED) is 0.804. The number of hydrogen-bond acceptors (Lipinski definition) is 2. The maximum Gasteiger partial charge on any atom is 0.166 e. The predicted molar refractivity (Wildman–Crippen MR) is 84.7 cm³/mol. The molecule has 0 N–H and O–H groups in total. The Morgan fingerprint density at radius 1 is 0.909 bits per heavy atom. The summed E-state index contributed by atoms with van der Waals surface area (Å²) < 4.78 is 0. The summed E-state index contributed by atoms with van der Waals surface area (Å²) in [5, 5.41) is 0. The van der Waals surface area contributed by atoms with Gasteiger partial charge in [0.1, 0.15) is 5.78 Å². The fraction of sp³-hybridized carbons (Fsp3) is 0.300. The van der Waals surface area contributed by atoms with Crippen molar-refractivity contribution in [3.8, 4) is 0 Å². The molecule has 2 bridgehead atoms. The molecule has 4 unspecified atom stereocenters. The van der Waals surface area contributed by atoms with Gasteiger partial charge in [0.2, 0.25) is 0 Å². The molecule has 0 amide bonds. The van der Waals surface area contributed by atoms with E-state index in [1.54, 1.807) is 0 Å². The Labute approximate surface area is 130 Å². The molecule has 2 fully saturated rings. The molecule has 4 atom stereocenters. The van der Waals surface area contributed by atoms with E-state index in [0.717, 1.165) is 17.5 Å². The van der Waals surface area contributed by atoms with E-state index < -0.39 is 0 Å². The number of carbonyl (C=O) groups excluding carboxylic acids is 2. The van der Waals surface area contributed by atoms with Gasteiger partial charge in [-0.2, -0.15) is 0 Å². The second-order valence-corrected chi connectivity index (χ2v) is 6.47. The van der Waals surface area contributed by atoms with E-state index in [2.05, 4.69) is 12.1 Å². The van der Waals surface area contributed by atoms with Crippen LogP contribution < -0.4 is 0 Å². The van der Waals surface area contributed by atoms with Crippen molar-refractivity contribution in [1.29, 1.82) is 0 Å². The van der Waals surface area contributed by atoms with Gasteiger partial charge in [-0.15, -0.1) is 0 Å². The molecular formula is C20H18O2. The lowest BCUT2D eigenvalue weighted by Gasteiger charge is -2.29. The first kappa shape index (κ1) is 13.4. The molecule has 2 aliphatic rings. The van der Waals surface area contributed by atoms with E-state index in [1.165, 1.54) is 0 Å². The smallest absolute Gasteiger partial charge is 0.166 e. The molecule has 0 aromatic heterocycles. The van der Waals surface area contributed by atoms with Crippen molar-refractivity contribution in [2.75, 3.05) is 0 Å². The van der Waals surface area contributed by atoms with Crippen molar-refractivity contribution >= 4 is 11.6 Å². The zero-order valence-corrected chi connectivity index (χ0v) is 12.3. The van der Waals surface area contributed by atoms with Crippen molar-refractivity contribution in [2.45, 2.75) is 18.8 Å². The summed E-state index contributed by atoms with van der Waals surface area (Å²) in [6.45, 7) is 0. The van der Waals surface area contributed by atoms with Gasteiger partial charge in [-0.1, -0.05) is 60.7 Å². The van der Waals surface area contributed by atoms with Crippen molar-refractivity contribution in [2.24, 2.45) is 17.8 Å². The lowest BCUT2D eigenvalue weighted by molar-refractivity contribution is -0.122. The Morgan fingerprint density at radius 2 is 1.55 bits per heavy atom. The van der Waals surface area contributed by atoms with Crippen molar-refractivity contribution in [1.82, 2.24) is 0 Å². The van der Waals surface area contributed by atoms with Crippen LogP contribution in [0.1, 0.15) is 34.7 Å². The molecule has 2 nitrogen and oxygen atoms in total. The minimum atomic E-state index is -0.0486. The van der Waals surface area contributed by atoms with Gasteiger partial charge in [-0.25, -0.2) is 0 Å². The summed E-state index contributed by atoms with van der Waals surface area (Å²) in [6.07, 6.45) is 1.46. The van der Waals surface area contributed by atoms with Crippen LogP contribution in [0.15, 0.2) is 60.7 Å². The highest BCUT2D eigenvalue weighted by molar-refractivity contribution is 6.01. The molecule has 0 aliphatic heterocycles. The first-order valence-electron chi connectivity index (χ1n) is 7.92. The number of carbonyl (C=O) groups is 2. The van der Waals surface area contributed by atoms with Gasteiger partial charge in [0.15, 0.2) is 5.78 Å². The maximum atomic E-state index is 13.0. The Bertz CT molecular complexity index is 705. The van der Waals surface area contributed by atoms with Crippen molar-refractivity contribution in [3.05, 3.63) is 71.8 Å². The molecule has 0 radical (unpaired) electrons. The third-order valence-corrected chi connectivity index (χ3v) is 5.31. The zero-order valence-electron chi connectivity index (χ0n) is 12.3. The second kappa shape index (κ2) is 5.20. The first-order chi connectivity index (χ1) is 10.8. The fourth-order valence-corrected chi connectivity index (χ4v) is 4.40. The highest BCUT2D eigenvalue weighted by Gasteiger charge is 2.55. The van der Waals surface area contributed by atoms with E-state index in [0.29, 0.717) is 12.2 Å². The molecule has 0 spiro atoms. The van der Waals surface area contributed by atoms with E-state index in [1.807, 2.05) is 48.5 Å². The Kier molecular flexibility index (Phi) is 3.18. The lowest BCUT2D eigenvalue weighted by Crippen LogP contribution is -2.32. The van der Waals surface area contributed by atoms with Gasteiger partial charge >= 0.3 is 0 Å². The molecule has 4 rings (SSSR count). The molecule has 2 aromatic carbocycles. The predicted octanol–water partition coefficient (Wildman–Crippen LogP) is 3.88. The van der Waals surface area contributed by atoms with Gasteiger partial charge in [0.25, 0.3) is 0 Å². The number of fused-ring (bicyclic) bond motifs is 2. The summed E-state index contributed by atoms with van der Waals surface area (Å²) in [5.74, 6) is 0.804. The molecule has 2 aliphatic carbocycles. The van der Waals surface area contributed by atoms with Gasteiger partial charge in [-0.3, -0.25) is 9.59 Å². The molecule has 2 saturated carbocycles. The number of benzene rings is 2. The van der Waals surface area contributed by atoms with Crippen LogP contribution in [0.4, 0.5) is 0 Å². The highest BCUT2D eigenvalue weighted by Crippen LogP contribution is 2.55. The Hall–Kier alpha value is -2.22. The summed E-state index contributed by atoms with van der Waals surface area (Å²) in [5.41, 5.74) is 1.91. The van der Waals surface area contributed by atoms with E-state index in [-0.39, 0.29) is 29.5 Å². The topological polar surface area (TPSA) is 34.1 Å². The highest BCUT2D eigenvalue weighted by atomic mass is 16.1. The molecule has 0 heterocycles. The zero-order chi connectivity index (χ0) is 15.1. The first-order valence-corrected chi connectivity index (χ1v) is 7.92. The number of ketones is 2. The van der Waals surface area contributed by atoms with Gasteiger partial charge in [0, 0.05) is 29.7 Å². The monoisotopic (exact) mass is 290 g/mol. The third kappa shape index (κ3) is 2.02. The number of hydrogen-bond donors (Lipinski definition) is 0. The van der Waals surface area contributed by atoms with Crippen LogP contribution in [0, 0.1) is 17.8 Å². The van der Waals surface area contributed by atoms with Gasteiger partial charge in [0.05, 0.1) is 0 Å². The molecular weight excluding hydrogens is 272 g/mol. The van der Waals surface area contributed by atoms with Crippen LogP contribution >= 0.6 is 0 Å². The molecule has 0 saturated heterocycles. The number of Topliss-reactive ketones (excluding diaryl/α,β-unsaturated/α-hetero) is 2. The molecule has 2 aromatic rings. The van der Waals surface area contributed by atoms with Gasteiger partial charge < -0.3 is 0 Å². The van der Waals surface area contributed by atoms with E-state index in [9.17, 15) is 9.59 Å². The fourth-order valence-electron chi connectivity index (χ4n) is 4.40. The molecule has 2 heteroatoms. The summed E-state index contributed by atoms with van der Waals surface area (Å²) in [4.78, 5) is 25.2. The van der Waals surface area contributed by atoms with E-state index >= 15 is 0 Å². The van der Waals surface area contributed by atoms with Crippen LogP contribution in [0.25, 0.3) is 0 Å². The van der Waals surface area contributed by atoms with Crippen LogP contribution in [0.2, 0.25) is 0 Å². The van der Waals surface area contributed by atoms with Crippen molar-refractivity contribution < 1.29 is 9.59 Å². The Balaban J connectivity index is 1.74. The minimum Gasteiger partial charge on any atom is -0.299 e. The average Bonchev–Trinajstić information content (AvgIpc) is 3.12. The maximum absolute atomic E-state index is 13.0. The average molecular weight is 290 g/mol. The summed E-state index contributed by atoms with van der Waals surface area (Å²) in [7, 11) is 0. The second-order valence-electron chi connectivity index (χ2n) is 6.47. The van der Waals surface area contributed by atoms with Crippen LogP contribution in [0.5, 0.6) is 0 Å². The minimum absolute atomic E-state index is 0.0325. The number of rotatable bonds is 3. The molecule has 22 heavy (non-hydrogen) atoms. The SMILES string of the molecule is O=C1CC2CC1C(c1ccccc1)C2C(=O)c1ccccc1. The molecule has 110 valence electrons.